The van der Waals surface area contributed by atoms with E-state index in [9.17, 15) is 9.59 Å². The number of fused-ring (bicyclic) bond motifs is 1. The number of anilines is 1. The molecule has 1 aliphatic heterocycles. The van der Waals surface area contributed by atoms with E-state index in [1.807, 2.05) is 10.6 Å². The Morgan fingerprint density at radius 3 is 2.54 bits per heavy atom. The maximum Gasteiger partial charge on any atom is 0.329 e. The summed E-state index contributed by atoms with van der Waals surface area (Å²) in [5.41, 5.74) is 1.24. The van der Waals surface area contributed by atoms with Crippen molar-refractivity contribution in [2.75, 3.05) is 31.1 Å². The SMILES string of the molecule is C=CCn1c(N2CCN(Cc3ccccc3)CC2)nc2c1c(=O)[nH]c(=O)n2C. The third-order valence-corrected chi connectivity index (χ3v) is 5.20. The zero-order valence-electron chi connectivity index (χ0n) is 16.0. The van der Waals surface area contributed by atoms with Gasteiger partial charge in [0.2, 0.25) is 5.95 Å². The molecule has 0 saturated carbocycles. The maximum absolute atomic E-state index is 12.4. The summed E-state index contributed by atoms with van der Waals surface area (Å²) in [4.78, 5) is 35.9. The van der Waals surface area contributed by atoms with Crippen LogP contribution in [0.25, 0.3) is 11.2 Å². The summed E-state index contributed by atoms with van der Waals surface area (Å²) in [7, 11) is 1.62. The Balaban J connectivity index is 1.61. The third kappa shape index (κ3) is 3.27. The number of nitrogens with zero attached hydrogens (tertiary/aromatic N) is 5. The molecular weight excluding hydrogens is 356 g/mol. The van der Waals surface area contributed by atoms with Gasteiger partial charge in [-0.3, -0.25) is 19.2 Å². The van der Waals surface area contributed by atoms with Crippen molar-refractivity contribution < 1.29 is 0 Å². The second kappa shape index (κ2) is 7.47. The standard InChI is InChI=1S/C20H24N6O2/c1-3-9-26-16-17(23(2)20(28)22-18(16)27)21-19(26)25-12-10-24(11-13-25)14-15-7-5-4-6-8-15/h3-8H,1,9-14H2,2H3,(H,22,27,28). The summed E-state index contributed by atoms with van der Waals surface area (Å²) in [6.45, 7) is 8.60. The van der Waals surface area contributed by atoms with E-state index < -0.39 is 11.2 Å². The monoisotopic (exact) mass is 380 g/mol. The van der Waals surface area contributed by atoms with Gasteiger partial charge in [0.25, 0.3) is 5.56 Å². The zero-order chi connectivity index (χ0) is 19.7. The Hall–Kier alpha value is -3.13. The van der Waals surface area contributed by atoms with E-state index in [-0.39, 0.29) is 0 Å². The quantitative estimate of drug-likeness (QED) is 0.667. The molecule has 0 atom stereocenters. The molecule has 1 aliphatic rings. The molecule has 1 saturated heterocycles. The molecule has 0 aliphatic carbocycles. The molecule has 0 unspecified atom stereocenters. The van der Waals surface area contributed by atoms with E-state index in [1.165, 1.54) is 10.1 Å². The average Bonchev–Trinajstić information content (AvgIpc) is 3.08. The molecule has 3 heterocycles. The van der Waals surface area contributed by atoms with Gasteiger partial charge in [0, 0.05) is 46.3 Å². The number of hydrogen-bond donors (Lipinski definition) is 1. The van der Waals surface area contributed by atoms with Gasteiger partial charge in [0.15, 0.2) is 11.2 Å². The Bertz CT molecular complexity index is 1100. The van der Waals surface area contributed by atoms with Crippen molar-refractivity contribution in [2.24, 2.45) is 7.05 Å². The van der Waals surface area contributed by atoms with Crippen LogP contribution < -0.4 is 16.1 Å². The molecule has 1 fully saturated rings. The molecule has 28 heavy (non-hydrogen) atoms. The van der Waals surface area contributed by atoms with Crippen LogP contribution in [-0.2, 0) is 20.1 Å². The van der Waals surface area contributed by atoms with E-state index >= 15 is 0 Å². The lowest BCUT2D eigenvalue weighted by Gasteiger charge is -2.35. The number of benzene rings is 1. The van der Waals surface area contributed by atoms with Gasteiger partial charge < -0.3 is 9.47 Å². The Kier molecular flexibility index (Phi) is 4.87. The second-order valence-electron chi connectivity index (χ2n) is 7.05. The predicted octanol–water partition coefficient (Wildman–Crippen LogP) is 0.931. The summed E-state index contributed by atoms with van der Waals surface area (Å²) in [5, 5.41) is 0. The minimum absolute atomic E-state index is 0.400. The molecule has 8 nitrogen and oxygen atoms in total. The van der Waals surface area contributed by atoms with Gasteiger partial charge >= 0.3 is 5.69 Å². The summed E-state index contributed by atoms with van der Waals surface area (Å²) < 4.78 is 3.22. The number of rotatable bonds is 5. The number of H-pyrrole nitrogens is 1. The van der Waals surface area contributed by atoms with Crippen molar-refractivity contribution in [3.05, 3.63) is 69.4 Å². The molecule has 0 radical (unpaired) electrons. The molecule has 0 bridgehead atoms. The molecule has 146 valence electrons. The van der Waals surface area contributed by atoms with Crippen LogP contribution in [0, 0.1) is 0 Å². The molecule has 8 heteroatoms. The number of aromatic nitrogens is 4. The fourth-order valence-corrected chi connectivity index (χ4v) is 3.71. The Morgan fingerprint density at radius 1 is 1.14 bits per heavy atom. The van der Waals surface area contributed by atoms with Crippen molar-refractivity contribution >= 4 is 17.1 Å². The first-order valence-corrected chi connectivity index (χ1v) is 9.40. The van der Waals surface area contributed by atoms with E-state index in [2.05, 4.69) is 50.6 Å². The topological polar surface area (TPSA) is 79.2 Å². The molecule has 3 aromatic rings. The number of nitrogens with one attached hydrogen (secondary N) is 1. The maximum atomic E-state index is 12.4. The summed E-state index contributed by atoms with van der Waals surface area (Å²) in [6, 6.07) is 10.4. The molecular formula is C20H24N6O2. The van der Waals surface area contributed by atoms with Crippen molar-refractivity contribution in [3.63, 3.8) is 0 Å². The molecule has 0 amide bonds. The van der Waals surface area contributed by atoms with E-state index in [4.69, 9.17) is 0 Å². The number of imidazole rings is 1. The highest BCUT2D eigenvalue weighted by molar-refractivity contribution is 5.74. The van der Waals surface area contributed by atoms with Crippen LogP contribution >= 0.6 is 0 Å². The average molecular weight is 380 g/mol. The molecule has 4 rings (SSSR count). The lowest BCUT2D eigenvalue weighted by Crippen LogP contribution is -2.46. The highest BCUT2D eigenvalue weighted by Gasteiger charge is 2.24. The predicted molar refractivity (Wildman–Crippen MR) is 110 cm³/mol. The molecule has 1 aromatic carbocycles. The first-order valence-electron chi connectivity index (χ1n) is 9.40. The van der Waals surface area contributed by atoms with Crippen molar-refractivity contribution in [1.29, 1.82) is 0 Å². The highest BCUT2D eigenvalue weighted by atomic mass is 16.2. The van der Waals surface area contributed by atoms with Gasteiger partial charge in [0.05, 0.1) is 0 Å². The van der Waals surface area contributed by atoms with Gasteiger partial charge in [-0.05, 0) is 5.56 Å². The third-order valence-electron chi connectivity index (χ3n) is 5.20. The zero-order valence-corrected chi connectivity index (χ0v) is 16.0. The van der Waals surface area contributed by atoms with Crippen molar-refractivity contribution in [3.8, 4) is 0 Å². The largest absolute Gasteiger partial charge is 0.340 e. The Morgan fingerprint density at radius 2 is 1.86 bits per heavy atom. The van der Waals surface area contributed by atoms with E-state index in [0.29, 0.717) is 23.7 Å². The summed E-state index contributed by atoms with van der Waals surface area (Å²) in [5.74, 6) is 0.709. The van der Waals surface area contributed by atoms with Crippen molar-refractivity contribution in [2.45, 2.75) is 13.1 Å². The normalized spacial score (nSPS) is 15.2. The first-order chi connectivity index (χ1) is 13.6. The van der Waals surface area contributed by atoms with Gasteiger partial charge in [0.1, 0.15) is 0 Å². The van der Waals surface area contributed by atoms with Gasteiger partial charge in [-0.2, -0.15) is 4.98 Å². The van der Waals surface area contributed by atoms with Crippen LogP contribution in [0.4, 0.5) is 5.95 Å². The molecule has 1 N–H and O–H groups in total. The summed E-state index contributed by atoms with van der Waals surface area (Å²) >= 11 is 0. The minimum Gasteiger partial charge on any atom is -0.340 e. The van der Waals surface area contributed by atoms with Crippen LogP contribution in [0.5, 0.6) is 0 Å². The number of aromatic amines is 1. The van der Waals surface area contributed by atoms with Gasteiger partial charge in [-0.15, -0.1) is 6.58 Å². The first kappa shape index (κ1) is 18.2. The fourth-order valence-electron chi connectivity index (χ4n) is 3.71. The van der Waals surface area contributed by atoms with Gasteiger partial charge in [-0.25, -0.2) is 4.79 Å². The molecule has 2 aromatic heterocycles. The second-order valence-corrected chi connectivity index (χ2v) is 7.05. The lowest BCUT2D eigenvalue weighted by atomic mass is 10.2. The van der Waals surface area contributed by atoms with Crippen LogP contribution in [0.3, 0.4) is 0 Å². The van der Waals surface area contributed by atoms with E-state index in [1.54, 1.807) is 13.1 Å². The summed E-state index contributed by atoms with van der Waals surface area (Å²) in [6.07, 6.45) is 1.74. The smallest absolute Gasteiger partial charge is 0.329 e. The Labute approximate surface area is 162 Å². The van der Waals surface area contributed by atoms with Crippen LogP contribution in [0.2, 0.25) is 0 Å². The lowest BCUT2D eigenvalue weighted by molar-refractivity contribution is 0.248. The van der Waals surface area contributed by atoms with E-state index in [0.717, 1.165) is 32.7 Å². The number of allylic oxidation sites excluding steroid dienone is 1. The number of aryl methyl sites for hydroxylation is 1. The molecule has 0 spiro atoms. The van der Waals surface area contributed by atoms with Crippen LogP contribution in [0.15, 0.2) is 52.6 Å². The van der Waals surface area contributed by atoms with Crippen LogP contribution in [0.1, 0.15) is 5.56 Å². The fraction of sp³-hybridized carbons (Fsp3) is 0.350. The highest BCUT2D eigenvalue weighted by Crippen LogP contribution is 2.21. The van der Waals surface area contributed by atoms with Crippen LogP contribution in [-0.4, -0.2) is 50.2 Å². The van der Waals surface area contributed by atoms with Gasteiger partial charge in [-0.1, -0.05) is 36.4 Å². The van der Waals surface area contributed by atoms with Crippen molar-refractivity contribution in [1.82, 2.24) is 24.0 Å². The minimum atomic E-state index is -0.458. The number of hydrogen-bond acceptors (Lipinski definition) is 5. The number of piperazine rings is 1.